The number of hydrogen-bond donors (Lipinski definition) is 3. The zero-order chi connectivity index (χ0) is 20.9. The van der Waals surface area contributed by atoms with E-state index in [1.807, 2.05) is 17.0 Å². The lowest BCUT2D eigenvalue weighted by Crippen LogP contribution is -2.53. The Balaban J connectivity index is 1.24. The van der Waals surface area contributed by atoms with Gasteiger partial charge < -0.3 is 20.4 Å². The highest BCUT2D eigenvalue weighted by atomic mass is 16.2. The molecule has 162 valence electrons. The molecule has 3 aliphatic heterocycles. The maximum Gasteiger partial charge on any atom is 0.249 e. The van der Waals surface area contributed by atoms with E-state index < -0.39 is 0 Å². The van der Waals surface area contributed by atoms with Crippen LogP contribution in [0.1, 0.15) is 12.8 Å². The van der Waals surface area contributed by atoms with E-state index >= 15 is 0 Å². The Kier molecular flexibility index (Phi) is 6.49. The van der Waals surface area contributed by atoms with Crippen LogP contribution < -0.4 is 20.9 Å². The molecule has 0 saturated carbocycles. The van der Waals surface area contributed by atoms with Gasteiger partial charge in [0.25, 0.3) is 0 Å². The average molecular weight is 415 g/mol. The van der Waals surface area contributed by atoms with Gasteiger partial charge in [0, 0.05) is 70.2 Å². The zero-order valence-electron chi connectivity index (χ0n) is 17.2. The highest BCUT2D eigenvalue weighted by Crippen LogP contribution is 2.21. The fourth-order valence-electron chi connectivity index (χ4n) is 4.17. The highest BCUT2D eigenvalue weighted by Gasteiger charge is 2.26. The molecule has 30 heavy (non-hydrogen) atoms. The molecule has 0 aliphatic carbocycles. The molecular weight excluding hydrogens is 384 g/mol. The van der Waals surface area contributed by atoms with Crippen LogP contribution in [-0.4, -0.2) is 92.5 Å². The Morgan fingerprint density at radius 3 is 2.37 bits per heavy atom. The van der Waals surface area contributed by atoms with Crippen LogP contribution >= 0.6 is 0 Å². The first-order chi connectivity index (χ1) is 14.6. The molecule has 1 unspecified atom stereocenters. The number of carbonyl (C=O) groups excluding carboxylic acids is 3. The van der Waals surface area contributed by atoms with E-state index in [4.69, 9.17) is 0 Å². The minimum Gasteiger partial charge on any atom is -0.374 e. The number of benzene rings is 1. The summed E-state index contributed by atoms with van der Waals surface area (Å²) >= 11 is 0. The van der Waals surface area contributed by atoms with Crippen LogP contribution in [0.4, 0.5) is 11.4 Å². The van der Waals surface area contributed by atoms with E-state index in [9.17, 15) is 14.4 Å². The topological polar surface area (TPSA) is 97.0 Å². The van der Waals surface area contributed by atoms with Crippen LogP contribution in [-0.2, 0) is 14.4 Å². The molecule has 9 nitrogen and oxygen atoms in total. The van der Waals surface area contributed by atoms with E-state index in [-0.39, 0.29) is 23.8 Å². The largest absolute Gasteiger partial charge is 0.374 e. The van der Waals surface area contributed by atoms with Crippen molar-refractivity contribution in [1.29, 1.82) is 0 Å². The maximum absolute atomic E-state index is 12.4. The SMILES string of the molecule is O=C1CCC(Nc2ccc(N3CCN(CC(=O)N4CCNCC4)CC3)cc2)C(=O)N1. The van der Waals surface area contributed by atoms with Crippen LogP contribution in [0.15, 0.2) is 24.3 Å². The van der Waals surface area contributed by atoms with Crippen molar-refractivity contribution in [3.05, 3.63) is 24.3 Å². The molecule has 3 heterocycles. The van der Waals surface area contributed by atoms with Crippen LogP contribution in [0.5, 0.6) is 0 Å². The molecule has 3 fully saturated rings. The normalized spacial score (nSPS) is 23.3. The van der Waals surface area contributed by atoms with E-state index in [0.29, 0.717) is 19.4 Å². The van der Waals surface area contributed by atoms with Crippen molar-refractivity contribution in [1.82, 2.24) is 20.4 Å². The summed E-state index contributed by atoms with van der Waals surface area (Å²) in [5.74, 6) is -0.238. The average Bonchev–Trinajstić information content (AvgIpc) is 2.77. The number of nitrogens with zero attached hydrogens (tertiary/aromatic N) is 3. The summed E-state index contributed by atoms with van der Waals surface area (Å²) < 4.78 is 0. The number of imide groups is 1. The predicted molar refractivity (Wildman–Crippen MR) is 114 cm³/mol. The molecule has 9 heteroatoms. The molecule has 1 atom stereocenters. The predicted octanol–water partition coefficient (Wildman–Crippen LogP) is -0.542. The van der Waals surface area contributed by atoms with E-state index in [1.54, 1.807) is 0 Å². The smallest absolute Gasteiger partial charge is 0.249 e. The number of amides is 3. The summed E-state index contributed by atoms with van der Waals surface area (Å²) in [6.07, 6.45) is 0.879. The number of piperazine rings is 2. The Bertz CT molecular complexity index is 769. The zero-order valence-corrected chi connectivity index (χ0v) is 17.2. The van der Waals surface area contributed by atoms with Crippen molar-refractivity contribution in [3.63, 3.8) is 0 Å². The molecule has 3 aliphatic rings. The highest BCUT2D eigenvalue weighted by molar-refractivity contribution is 6.01. The van der Waals surface area contributed by atoms with Crippen molar-refractivity contribution >= 4 is 29.1 Å². The summed E-state index contributed by atoms with van der Waals surface area (Å²) in [4.78, 5) is 42.1. The van der Waals surface area contributed by atoms with Crippen molar-refractivity contribution in [2.24, 2.45) is 0 Å². The minimum atomic E-state index is -0.370. The van der Waals surface area contributed by atoms with Gasteiger partial charge in [-0.2, -0.15) is 0 Å². The third-order valence-corrected chi connectivity index (χ3v) is 6.01. The molecular formula is C21H30N6O3. The molecule has 0 spiro atoms. The van der Waals surface area contributed by atoms with Gasteiger partial charge in [0.15, 0.2) is 0 Å². The van der Waals surface area contributed by atoms with Gasteiger partial charge in [-0.05, 0) is 30.7 Å². The molecule has 0 radical (unpaired) electrons. The number of piperidine rings is 1. The van der Waals surface area contributed by atoms with E-state index in [0.717, 1.165) is 63.7 Å². The third-order valence-electron chi connectivity index (χ3n) is 6.01. The Morgan fingerprint density at radius 2 is 1.70 bits per heavy atom. The summed E-state index contributed by atoms with van der Waals surface area (Å²) in [6.45, 7) is 7.38. The molecule has 3 N–H and O–H groups in total. The van der Waals surface area contributed by atoms with Crippen molar-refractivity contribution in [2.45, 2.75) is 18.9 Å². The Morgan fingerprint density at radius 1 is 1.00 bits per heavy atom. The van der Waals surface area contributed by atoms with E-state index in [1.165, 1.54) is 0 Å². The number of anilines is 2. The maximum atomic E-state index is 12.4. The summed E-state index contributed by atoms with van der Waals surface area (Å²) in [5, 5.41) is 8.85. The first kappa shape index (κ1) is 20.6. The fourth-order valence-corrected chi connectivity index (χ4v) is 4.17. The van der Waals surface area contributed by atoms with Gasteiger partial charge in [-0.3, -0.25) is 24.6 Å². The molecule has 1 aromatic rings. The summed E-state index contributed by atoms with van der Waals surface area (Å²) in [7, 11) is 0. The molecule has 0 aromatic heterocycles. The van der Waals surface area contributed by atoms with Crippen LogP contribution in [0, 0.1) is 0 Å². The second-order valence-electron chi connectivity index (χ2n) is 8.09. The van der Waals surface area contributed by atoms with Gasteiger partial charge in [-0.25, -0.2) is 0 Å². The number of hydrogen-bond acceptors (Lipinski definition) is 7. The van der Waals surface area contributed by atoms with Gasteiger partial charge >= 0.3 is 0 Å². The Hall–Kier alpha value is -2.65. The monoisotopic (exact) mass is 414 g/mol. The van der Waals surface area contributed by atoms with Crippen LogP contribution in [0.3, 0.4) is 0 Å². The standard InChI is InChI=1S/C21H30N6O3/c28-19-6-5-18(21(30)24-19)23-16-1-3-17(4-2-16)26-13-11-25(12-14-26)15-20(29)27-9-7-22-8-10-27/h1-4,18,22-23H,5-15H2,(H,24,28,30). The molecule has 0 bridgehead atoms. The lowest BCUT2D eigenvalue weighted by Gasteiger charge is -2.37. The number of rotatable bonds is 5. The lowest BCUT2D eigenvalue weighted by atomic mass is 10.1. The first-order valence-electron chi connectivity index (χ1n) is 10.7. The lowest BCUT2D eigenvalue weighted by molar-refractivity contribution is -0.134. The van der Waals surface area contributed by atoms with Gasteiger partial charge in [-0.15, -0.1) is 0 Å². The van der Waals surface area contributed by atoms with Gasteiger partial charge in [-0.1, -0.05) is 0 Å². The minimum absolute atomic E-state index is 0.206. The van der Waals surface area contributed by atoms with Crippen LogP contribution in [0.2, 0.25) is 0 Å². The second-order valence-corrected chi connectivity index (χ2v) is 8.09. The number of nitrogens with one attached hydrogen (secondary N) is 3. The molecule has 4 rings (SSSR count). The quantitative estimate of drug-likeness (QED) is 0.557. The van der Waals surface area contributed by atoms with E-state index in [2.05, 4.69) is 37.9 Å². The molecule has 3 saturated heterocycles. The van der Waals surface area contributed by atoms with Crippen molar-refractivity contribution < 1.29 is 14.4 Å². The molecule has 3 amide bonds. The fraction of sp³-hybridized carbons (Fsp3) is 0.571. The third kappa shape index (κ3) is 5.09. The van der Waals surface area contributed by atoms with Gasteiger partial charge in [0.2, 0.25) is 17.7 Å². The van der Waals surface area contributed by atoms with Crippen molar-refractivity contribution in [2.75, 3.05) is 69.1 Å². The Labute approximate surface area is 176 Å². The molecule has 1 aromatic carbocycles. The summed E-state index contributed by atoms with van der Waals surface area (Å²) in [6, 6.07) is 7.68. The van der Waals surface area contributed by atoms with Gasteiger partial charge in [0.1, 0.15) is 6.04 Å². The first-order valence-corrected chi connectivity index (χ1v) is 10.7. The van der Waals surface area contributed by atoms with Crippen LogP contribution in [0.25, 0.3) is 0 Å². The van der Waals surface area contributed by atoms with Gasteiger partial charge in [0.05, 0.1) is 6.54 Å². The number of carbonyl (C=O) groups is 3. The second kappa shape index (κ2) is 9.44. The van der Waals surface area contributed by atoms with Crippen molar-refractivity contribution in [3.8, 4) is 0 Å². The summed E-state index contributed by atoms with van der Waals surface area (Å²) in [5.41, 5.74) is 2.01.